The summed E-state index contributed by atoms with van der Waals surface area (Å²) in [7, 11) is 0. The number of benzene rings is 1. The molecule has 2 rings (SSSR count). The van der Waals surface area contributed by atoms with Crippen LogP contribution in [0.25, 0.3) is 0 Å². The molecule has 0 aliphatic carbocycles. The zero-order valence-corrected chi connectivity index (χ0v) is 13.7. The Morgan fingerprint density at radius 1 is 1.26 bits per heavy atom. The maximum atomic E-state index is 11.0. The van der Waals surface area contributed by atoms with E-state index in [1.807, 2.05) is 32.0 Å². The molecule has 1 aromatic carbocycles. The summed E-state index contributed by atoms with van der Waals surface area (Å²) in [5, 5.41) is 25.2. The van der Waals surface area contributed by atoms with Crippen LogP contribution < -0.4 is 4.74 Å². The predicted molar refractivity (Wildman–Crippen MR) is 85.8 cm³/mol. The van der Waals surface area contributed by atoms with E-state index in [1.54, 1.807) is 13.8 Å². The number of nitro groups is 1. The van der Waals surface area contributed by atoms with Crippen molar-refractivity contribution in [2.24, 2.45) is 0 Å². The first-order chi connectivity index (χ1) is 10.8. The van der Waals surface area contributed by atoms with Crippen LogP contribution >= 0.6 is 0 Å². The van der Waals surface area contributed by atoms with Gasteiger partial charge in [0.05, 0.1) is 11.5 Å². The van der Waals surface area contributed by atoms with Crippen LogP contribution in [-0.4, -0.2) is 32.5 Å². The van der Waals surface area contributed by atoms with E-state index in [4.69, 9.17) is 4.74 Å². The minimum Gasteiger partial charge on any atom is -0.491 e. The van der Waals surface area contributed by atoms with Crippen LogP contribution in [0.1, 0.15) is 22.5 Å². The molecule has 0 saturated carbocycles. The lowest BCUT2D eigenvalue weighted by molar-refractivity contribution is -0.386. The minimum absolute atomic E-state index is 0.00701. The lowest BCUT2D eigenvalue weighted by atomic mass is 10.1. The maximum Gasteiger partial charge on any atom is 0.312 e. The van der Waals surface area contributed by atoms with Crippen LogP contribution in [-0.2, 0) is 6.54 Å². The molecule has 0 bridgehead atoms. The second kappa shape index (κ2) is 6.78. The first kappa shape index (κ1) is 17.0. The molecule has 23 heavy (non-hydrogen) atoms. The zero-order chi connectivity index (χ0) is 17.1. The van der Waals surface area contributed by atoms with Crippen molar-refractivity contribution in [2.45, 2.75) is 40.3 Å². The highest BCUT2D eigenvalue weighted by atomic mass is 16.6. The number of aliphatic hydroxyl groups is 1. The van der Waals surface area contributed by atoms with Crippen molar-refractivity contribution in [3.8, 4) is 5.75 Å². The second-order valence-electron chi connectivity index (χ2n) is 5.75. The van der Waals surface area contributed by atoms with Crippen LogP contribution in [0, 0.1) is 37.8 Å². The highest BCUT2D eigenvalue weighted by molar-refractivity contribution is 5.39. The summed E-state index contributed by atoms with van der Waals surface area (Å²) in [5.74, 6) is 0.695. The Balaban J connectivity index is 2.01. The molecule has 0 saturated heterocycles. The zero-order valence-electron chi connectivity index (χ0n) is 13.7. The molecule has 1 N–H and O–H groups in total. The molecule has 0 fully saturated rings. The number of hydrogen-bond donors (Lipinski definition) is 1. The molecule has 1 unspecified atom stereocenters. The summed E-state index contributed by atoms with van der Waals surface area (Å²) in [6.45, 7) is 7.40. The highest BCUT2D eigenvalue weighted by Gasteiger charge is 2.22. The van der Waals surface area contributed by atoms with Crippen LogP contribution in [0.3, 0.4) is 0 Å². The van der Waals surface area contributed by atoms with Crippen LogP contribution in [0.2, 0.25) is 0 Å². The quantitative estimate of drug-likeness (QED) is 0.652. The van der Waals surface area contributed by atoms with E-state index >= 15 is 0 Å². The van der Waals surface area contributed by atoms with Gasteiger partial charge in [0.1, 0.15) is 29.8 Å². The van der Waals surface area contributed by atoms with E-state index in [1.165, 1.54) is 4.68 Å². The molecular formula is C16H21N3O4. The number of rotatable bonds is 6. The maximum absolute atomic E-state index is 11.0. The molecule has 124 valence electrons. The van der Waals surface area contributed by atoms with Gasteiger partial charge in [-0.15, -0.1) is 0 Å². The average Bonchev–Trinajstić information content (AvgIpc) is 2.70. The van der Waals surface area contributed by atoms with Gasteiger partial charge < -0.3 is 9.84 Å². The Bertz CT molecular complexity index is 704. The average molecular weight is 319 g/mol. The van der Waals surface area contributed by atoms with Crippen molar-refractivity contribution < 1.29 is 14.8 Å². The number of aliphatic hydroxyl groups excluding tert-OH is 1. The van der Waals surface area contributed by atoms with E-state index in [2.05, 4.69) is 5.10 Å². The summed E-state index contributed by atoms with van der Waals surface area (Å²) in [5.41, 5.74) is 2.94. The molecule has 1 atom stereocenters. The lowest BCUT2D eigenvalue weighted by Gasteiger charge is -2.14. The molecule has 1 heterocycles. The fourth-order valence-electron chi connectivity index (χ4n) is 2.59. The largest absolute Gasteiger partial charge is 0.491 e. The minimum atomic E-state index is -0.812. The van der Waals surface area contributed by atoms with Crippen LogP contribution in [0.15, 0.2) is 18.2 Å². The Labute approximate surface area is 134 Å². The van der Waals surface area contributed by atoms with Crippen LogP contribution in [0.5, 0.6) is 5.75 Å². The molecule has 7 heteroatoms. The Morgan fingerprint density at radius 3 is 2.39 bits per heavy atom. The highest BCUT2D eigenvalue weighted by Crippen LogP contribution is 2.22. The van der Waals surface area contributed by atoms with Crippen molar-refractivity contribution >= 4 is 5.69 Å². The third-order valence-electron chi connectivity index (χ3n) is 3.55. The van der Waals surface area contributed by atoms with Gasteiger partial charge in [0.2, 0.25) is 0 Å². The van der Waals surface area contributed by atoms with Gasteiger partial charge >= 0.3 is 5.69 Å². The molecular weight excluding hydrogens is 298 g/mol. The fourth-order valence-corrected chi connectivity index (χ4v) is 2.59. The number of hydrogen-bond acceptors (Lipinski definition) is 5. The first-order valence-electron chi connectivity index (χ1n) is 7.35. The monoisotopic (exact) mass is 319 g/mol. The molecule has 0 radical (unpaired) electrons. The third-order valence-corrected chi connectivity index (χ3v) is 3.55. The normalized spacial score (nSPS) is 12.2. The van der Waals surface area contributed by atoms with Gasteiger partial charge in [-0.3, -0.25) is 14.8 Å². The van der Waals surface area contributed by atoms with E-state index in [0.717, 1.165) is 11.1 Å². The summed E-state index contributed by atoms with van der Waals surface area (Å²) >= 11 is 0. The fraction of sp³-hybridized carbons (Fsp3) is 0.438. The van der Waals surface area contributed by atoms with E-state index in [-0.39, 0.29) is 18.8 Å². The SMILES string of the molecule is Cc1cc(C)cc(OCC(O)Cn2nc(C)c([N+](=O)[O-])c2C)c1. The van der Waals surface area contributed by atoms with Gasteiger partial charge in [0, 0.05) is 0 Å². The summed E-state index contributed by atoms with van der Waals surface area (Å²) in [4.78, 5) is 10.5. The molecule has 0 spiro atoms. The van der Waals surface area contributed by atoms with E-state index in [0.29, 0.717) is 17.1 Å². The first-order valence-corrected chi connectivity index (χ1v) is 7.35. The van der Waals surface area contributed by atoms with Gasteiger partial charge in [0.25, 0.3) is 0 Å². The molecule has 0 aliphatic rings. The Morgan fingerprint density at radius 2 is 1.87 bits per heavy atom. The lowest BCUT2D eigenvalue weighted by Crippen LogP contribution is -2.24. The van der Waals surface area contributed by atoms with Crippen molar-refractivity contribution in [2.75, 3.05) is 6.61 Å². The molecule has 7 nitrogen and oxygen atoms in total. The number of ether oxygens (including phenoxy) is 1. The van der Waals surface area contributed by atoms with E-state index in [9.17, 15) is 15.2 Å². The van der Waals surface area contributed by atoms with Crippen LogP contribution in [0.4, 0.5) is 5.69 Å². The second-order valence-corrected chi connectivity index (χ2v) is 5.75. The van der Waals surface area contributed by atoms with Gasteiger partial charge in [-0.1, -0.05) is 6.07 Å². The van der Waals surface area contributed by atoms with Crippen molar-refractivity contribution in [3.05, 3.63) is 50.8 Å². The molecule has 1 aromatic heterocycles. The van der Waals surface area contributed by atoms with Crippen molar-refractivity contribution in [1.29, 1.82) is 0 Å². The smallest absolute Gasteiger partial charge is 0.312 e. The standard InChI is InChI=1S/C16H21N3O4/c1-10-5-11(2)7-15(6-10)23-9-14(20)8-18-13(4)16(19(21)22)12(3)17-18/h5-7,14,20H,8-9H2,1-4H3. The predicted octanol–water partition coefficient (Wildman–Crippen LogP) is 2.46. The topological polar surface area (TPSA) is 90.4 Å². The van der Waals surface area contributed by atoms with Gasteiger partial charge in [-0.25, -0.2) is 0 Å². The Hall–Kier alpha value is -2.41. The molecule has 2 aromatic rings. The number of aromatic nitrogens is 2. The summed E-state index contributed by atoms with van der Waals surface area (Å²) < 4.78 is 7.05. The third kappa shape index (κ3) is 4.07. The van der Waals surface area contributed by atoms with Crippen molar-refractivity contribution in [3.63, 3.8) is 0 Å². The molecule has 0 aliphatic heterocycles. The van der Waals surface area contributed by atoms with Crippen molar-refractivity contribution in [1.82, 2.24) is 9.78 Å². The van der Waals surface area contributed by atoms with Gasteiger partial charge in [-0.2, -0.15) is 5.10 Å². The van der Waals surface area contributed by atoms with Gasteiger partial charge in [0.15, 0.2) is 0 Å². The number of aryl methyl sites for hydroxylation is 3. The molecule has 0 amide bonds. The summed E-state index contributed by atoms with van der Waals surface area (Å²) in [6, 6.07) is 5.83. The van der Waals surface area contributed by atoms with Gasteiger partial charge in [-0.05, 0) is 51.0 Å². The van der Waals surface area contributed by atoms with E-state index < -0.39 is 11.0 Å². The number of nitrogens with zero attached hydrogens (tertiary/aromatic N) is 3. The summed E-state index contributed by atoms with van der Waals surface area (Å²) in [6.07, 6.45) is -0.812. The Kier molecular flexibility index (Phi) is 5.00.